The second kappa shape index (κ2) is 6.88. The molecule has 0 aliphatic rings. The summed E-state index contributed by atoms with van der Waals surface area (Å²) in [6.45, 7) is 2.22. The van der Waals surface area contributed by atoms with Gasteiger partial charge in [-0.25, -0.2) is 0 Å². The Morgan fingerprint density at radius 3 is 1.18 bits per heavy atom. The van der Waals surface area contributed by atoms with Crippen molar-refractivity contribution in [2.24, 2.45) is 0 Å². The Kier molecular flexibility index (Phi) is 4.68. The molecule has 0 radical (unpaired) electrons. The van der Waals surface area contributed by atoms with E-state index < -0.39 is 18.1 Å². The molecule has 0 fully saturated rings. The van der Waals surface area contributed by atoms with E-state index in [9.17, 15) is 0 Å². The molecule has 0 heterocycles. The molecule has 1 nitrogen and oxygen atoms in total. The first kappa shape index (κ1) is 15.0. The number of hydrogen-bond donors (Lipinski definition) is 0. The first-order chi connectivity index (χ1) is 10.9. The lowest BCUT2D eigenvalue weighted by molar-refractivity contribution is 0.625. The minimum Gasteiger partial charge on any atom is -0.451 e. The molecule has 0 saturated carbocycles. The standard InChI is InChI=1S/C19H20OSi2/c1-21-20-22(17-11-5-2-6-12-17,18-13-7-3-8-14-18)19-15-9-4-10-16-19/h2-16H,21H2,1H3. The third-order valence-electron chi connectivity index (χ3n) is 3.90. The summed E-state index contributed by atoms with van der Waals surface area (Å²) in [6.07, 6.45) is 0. The maximum absolute atomic E-state index is 6.67. The van der Waals surface area contributed by atoms with Gasteiger partial charge in [-0.05, 0) is 15.6 Å². The van der Waals surface area contributed by atoms with Crippen LogP contribution >= 0.6 is 0 Å². The molecular weight excluding hydrogens is 300 g/mol. The lowest BCUT2D eigenvalue weighted by Gasteiger charge is -2.33. The Morgan fingerprint density at radius 2 is 0.909 bits per heavy atom. The Bertz CT molecular complexity index is 603. The number of rotatable bonds is 5. The Labute approximate surface area is 135 Å². The van der Waals surface area contributed by atoms with Crippen LogP contribution < -0.4 is 15.6 Å². The van der Waals surface area contributed by atoms with Crippen LogP contribution in [-0.4, -0.2) is 18.1 Å². The van der Waals surface area contributed by atoms with E-state index in [1.54, 1.807) is 0 Å². The average molecular weight is 321 g/mol. The molecule has 0 N–H and O–H groups in total. The zero-order valence-corrected chi connectivity index (χ0v) is 15.2. The smallest absolute Gasteiger partial charge is 0.277 e. The van der Waals surface area contributed by atoms with Crippen LogP contribution in [0, 0.1) is 0 Å². The normalized spacial score (nSPS) is 11.9. The molecule has 0 bridgehead atoms. The summed E-state index contributed by atoms with van der Waals surface area (Å²) in [4.78, 5) is 0. The molecule has 0 atom stereocenters. The number of benzene rings is 3. The molecule has 0 amide bonds. The summed E-state index contributed by atoms with van der Waals surface area (Å²) in [5, 5.41) is 3.96. The van der Waals surface area contributed by atoms with Crippen molar-refractivity contribution in [2.75, 3.05) is 0 Å². The largest absolute Gasteiger partial charge is 0.451 e. The van der Waals surface area contributed by atoms with Gasteiger partial charge in [0.15, 0.2) is 0 Å². The van der Waals surface area contributed by atoms with Gasteiger partial charge in [-0.2, -0.15) is 0 Å². The van der Waals surface area contributed by atoms with E-state index in [4.69, 9.17) is 4.12 Å². The van der Waals surface area contributed by atoms with Gasteiger partial charge in [0.2, 0.25) is 0 Å². The second-order valence-corrected chi connectivity index (χ2v) is 10.0. The quantitative estimate of drug-likeness (QED) is 0.514. The maximum Gasteiger partial charge on any atom is 0.277 e. The van der Waals surface area contributed by atoms with Crippen molar-refractivity contribution in [3.8, 4) is 0 Å². The Balaban J connectivity index is 2.29. The third-order valence-corrected chi connectivity index (χ3v) is 10.2. The second-order valence-electron chi connectivity index (χ2n) is 5.21. The fourth-order valence-electron chi connectivity index (χ4n) is 2.99. The minimum absolute atomic E-state index is 0.560. The fourth-order valence-corrected chi connectivity index (χ4v) is 9.70. The maximum atomic E-state index is 6.67. The highest BCUT2D eigenvalue weighted by Gasteiger charge is 2.40. The zero-order valence-electron chi connectivity index (χ0n) is 12.8. The summed E-state index contributed by atoms with van der Waals surface area (Å²) < 4.78 is 6.67. The summed E-state index contributed by atoms with van der Waals surface area (Å²) in [7, 11) is -2.92. The first-order valence-electron chi connectivity index (χ1n) is 7.68. The summed E-state index contributed by atoms with van der Waals surface area (Å²) in [6, 6.07) is 32.2. The van der Waals surface area contributed by atoms with Gasteiger partial charge in [-0.15, -0.1) is 0 Å². The van der Waals surface area contributed by atoms with Gasteiger partial charge >= 0.3 is 0 Å². The fraction of sp³-hybridized carbons (Fsp3) is 0.0526. The van der Waals surface area contributed by atoms with Crippen molar-refractivity contribution >= 4 is 33.6 Å². The molecule has 0 saturated heterocycles. The van der Waals surface area contributed by atoms with Gasteiger partial charge in [0.05, 0.1) is 0 Å². The molecule has 110 valence electrons. The van der Waals surface area contributed by atoms with Crippen molar-refractivity contribution in [3.63, 3.8) is 0 Å². The molecular formula is C19H20OSi2. The highest BCUT2D eigenvalue weighted by Crippen LogP contribution is 2.08. The first-order valence-corrected chi connectivity index (χ1v) is 11.6. The predicted molar refractivity (Wildman–Crippen MR) is 99.5 cm³/mol. The van der Waals surface area contributed by atoms with Crippen LogP contribution in [0.4, 0.5) is 0 Å². The molecule has 0 aliphatic carbocycles. The molecule has 3 heteroatoms. The van der Waals surface area contributed by atoms with Crippen molar-refractivity contribution < 1.29 is 4.12 Å². The van der Waals surface area contributed by atoms with Crippen molar-refractivity contribution in [1.82, 2.24) is 0 Å². The van der Waals surface area contributed by atoms with Gasteiger partial charge in [0.25, 0.3) is 8.32 Å². The SMILES string of the molecule is C[SiH2]O[Si](c1ccccc1)(c1ccccc1)c1ccccc1. The Morgan fingerprint density at radius 1 is 0.591 bits per heavy atom. The van der Waals surface area contributed by atoms with E-state index in [1.807, 2.05) is 0 Å². The van der Waals surface area contributed by atoms with E-state index in [2.05, 4.69) is 97.5 Å². The van der Waals surface area contributed by atoms with Crippen LogP contribution in [-0.2, 0) is 4.12 Å². The van der Waals surface area contributed by atoms with Crippen LogP contribution in [0.3, 0.4) is 0 Å². The molecule has 0 spiro atoms. The molecule has 3 rings (SSSR count). The van der Waals surface area contributed by atoms with Crippen LogP contribution in [0.1, 0.15) is 0 Å². The van der Waals surface area contributed by atoms with Crippen molar-refractivity contribution in [1.29, 1.82) is 0 Å². The average Bonchev–Trinajstić information content (AvgIpc) is 2.62. The lowest BCUT2D eigenvalue weighted by Crippen LogP contribution is -2.69. The summed E-state index contributed by atoms with van der Waals surface area (Å²) in [5.41, 5.74) is 0. The van der Waals surface area contributed by atoms with E-state index in [0.29, 0.717) is 0 Å². The molecule has 22 heavy (non-hydrogen) atoms. The van der Waals surface area contributed by atoms with Gasteiger partial charge in [0, 0.05) is 0 Å². The van der Waals surface area contributed by atoms with Crippen LogP contribution in [0.2, 0.25) is 6.55 Å². The van der Waals surface area contributed by atoms with E-state index in [1.165, 1.54) is 15.6 Å². The topological polar surface area (TPSA) is 9.23 Å². The van der Waals surface area contributed by atoms with Gasteiger partial charge in [0.1, 0.15) is 9.76 Å². The highest BCUT2D eigenvalue weighted by atomic mass is 28.4. The van der Waals surface area contributed by atoms with E-state index >= 15 is 0 Å². The monoisotopic (exact) mass is 320 g/mol. The highest BCUT2D eigenvalue weighted by molar-refractivity contribution is 7.08. The van der Waals surface area contributed by atoms with Gasteiger partial charge in [-0.1, -0.05) is 97.5 Å². The van der Waals surface area contributed by atoms with Crippen LogP contribution in [0.5, 0.6) is 0 Å². The molecule has 3 aromatic rings. The number of hydrogen-bond acceptors (Lipinski definition) is 1. The van der Waals surface area contributed by atoms with Crippen LogP contribution in [0.25, 0.3) is 0 Å². The third kappa shape index (κ3) is 2.71. The summed E-state index contributed by atoms with van der Waals surface area (Å²) >= 11 is 0. The minimum atomic E-state index is -2.36. The predicted octanol–water partition coefficient (Wildman–Crippen LogP) is 1.80. The van der Waals surface area contributed by atoms with Crippen LogP contribution in [0.15, 0.2) is 91.0 Å². The van der Waals surface area contributed by atoms with E-state index in [0.717, 1.165) is 0 Å². The van der Waals surface area contributed by atoms with Crippen molar-refractivity contribution in [3.05, 3.63) is 91.0 Å². The van der Waals surface area contributed by atoms with Gasteiger partial charge < -0.3 is 4.12 Å². The van der Waals surface area contributed by atoms with Crippen molar-refractivity contribution in [2.45, 2.75) is 6.55 Å². The molecule has 3 aromatic carbocycles. The van der Waals surface area contributed by atoms with E-state index in [-0.39, 0.29) is 0 Å². The lowest BCUT2D eigenvalue weighted by atomic mass is 10.3. The summed E-state index contributed by atoms with van der Waals surface area (Å²) in [5.74, 6) is 0. The molecule has 0 aliphatic heterocycles. The molecule has 0 aromatic heterocycles. The molecule has 0 unspecified atom stereocenters. The Hall–Kier alpha value is -1.95. The zero-order chi connectivity index (χ0) is 15.3. The van der Waals surface area contributed by atoms with Gasteiger partial charge in [-0.3, -0.25) is 0 Å².